The van der Waals surface area contributed by atoms with Gasteiger partial charge in [0.15, 0.2) is 0 Å². The van der Waals surface area contributed by atoms with Gasteiger partial charge >= 0.3 is 0 Å². The summed E-state index contributed by atoms with van der Waals surface area (Å²) in [6.07, 6.45) is 5.71. The fraction of sp³-hybridized carbons (Fsp3) is 0.529. The smallest absolute Gasteiger partial charge is 0.123 e. The summed E-state index contributed by atoms with van der Waals surface area (Å²) in [6.45, 7) is 2.11. The van der Waals surface area contributed by atoms with Gasteiger partial charge in [0.2, 0.25) is 0 Å². The van der Waals surface area contributed by atoms with Crippen LogP contribution in [0.3, 0.4) is 0 Å². The highest BCUT2D eigenvalue weighted by molar-refractivity contribution is 5.56. The standard InChI is InChI=1S/C13H16N2.C4H6O/c1-10(11-5-3-2-4-6-11)15-13(9-14)12-7-8-12;5-3-4-1-2-4/h2-6,10,12-13,15H,7-8H2,1H3;3-4H,1-2H2. The predicted octanol–water partition coefficient (Wildman–Crippen LogP) is 3.23. The molecule has 2 aliphatic carbocycles. The van der Waals surface area contributed by atoms with E-state index in [2.05, 4.69) is 30.4 Å². The maximum atomic E-state index is 9.57. The summed E-state index contributed by atoms with van der Waals surface area (Å²) >= 11 is 0. The first kappa shape index (κ1) is 14.7. The van der Waals surface area contributed by atoms with Crippen molar-refractivity contribution in [2.24, 2.45) is 11.8 Å². The fourth-order valence-corrected chi connectivity index (χ4v) is 2.05. The summed E-state index contributed by atoms with van der Waals surface area (Å²) < 4.78 is 0. The van der Waals surface area contributed by atoms with Crippen LogP contribution in [0.4, 0.5) is 0 Å². The number of aldehydes is 1. The zero-order valence-corrected chi connectivity index (χ0v) is 12.0. The Morgan fingerprint density at radius 1 is 1.25 bits per heavy atom. The first-order valence-corrected chi connectivity index (χ1v) is 7.40. The van der Waals surface area contributed by atoms with Gasteiger partial charge in [-0.2, -0.15) is 5.26 Å². The molecule has 0 aliphatic heterocycles. The average molecular weight is 270 g/mol. The second kappa shape index (κ2) is 7.21. The van der Waals surface area contributed by atoms with Gasteiger partial charge in [0.1, 0.15) is 6.29 Å². The normalized spacial score (nSPS) is 20.0. The molecule has 0 spiro atoms. The molecule has 0 radical (unpaired) electrons. The van der Waals surface area contributed by atoms with Crippen LogP contribution in [0, 0.1) is 23.2 Å². The molecule has 0 amide bonds. The highest BCUT2D eigenvalue weighted by atomic mass is 16.1. The maximum Gasteiger partial charge on any atom is 0.123 e. The Kier molecular flexibility index (Phi) is 5.31. The van der Waals surface area contributed by atoms with Crippen LogP contribution in [0.25, 0.3) is 0 Å². The minimum absolute atomic E-state index is 0.0280. The van der Waals surface area contributed by atoms with Crippen LogP contribution in [-0.2, 0) is 4.79 Å². The van der Waals surface area contributed by atoms with E-state index >= 15 is 0 Å². The number of hydrogen-bond acceptors (Lipinski definition) is 3. The Hall–Kier alpha value is -1.66. The molecule has 0 aromatic heterocycles. The first-order valence-electron chi connectivity index (χ1n) is 7.40. The molecule has 1 aromatic rings. The molecule has 2 atom stereocenters. The van der Waals surface area contributed by atoms with E-state index in [1.54, 1.807) is 0 Å². The predicted molar refractivity (Wildman–Crippen MR) is 78.9 cm³/mol. The summed E-state index contributed by atoms with van der Waals surface area (Å²) in [7, 11) is 0. The summed E-state index contributed by atoms with van der Waals surface area (Å²) in [6, 6.07) is 12.9. The molecule has 2 unspecified atom stereocenters. The highest BCUT2D eigenvalue weighted by Gasteiger charge is 2.31. The van der Waals surface area contributed by atoms with Crippen molar-refractivity contribution in [3.05, 3.63) is 35.9 Å². The van der Waals surface area contributed by atoms with Crippen molar-refractivity contribution in [3.8, 4) is 6.07 Å². The van der Waals surface area contributed by atoms with E-state index in [1.165, 1.54) is 18.4 Å². The van der Waals surface area contributed by atoms with Gasteiger partial charge in [0.25, 0.3) is 0 Å². The molecule has 2 aliphatic rings. The molecule has 0 saturated heterocycles. The van der Waals surface area contributed by atoms with E-state index in [1.807, 2.05) is 18.2 Å². The fourth-order valence-electron chi connectivity index (χ4n) is 2.05. The number of carbonyl (C=O) groups is 1. The van der Waals surface area contributed by atoms with Gasteiger partial charge in [-0.3, -0.25) is 5.32 Å². The minimum Gasteiger partial charge on any atom is -0.303 e. The molecule has 0 heterocycles. The molecule has 1 N–H and O–H groups in total. The number of nitriles is 1. The van der Waals surface area contributed by atoms with Crippen LogP contribution in [0.5, 0.6) is 0 Å². The number of rotatable bonds is 5. The molecule has 3 nitrogen and oxygen atoms in total. The van der Waals surface area contributed by atoms with Gasteiger partial charge in [-0.25, -0.2) is 0 Å². The number of nitrogens with one attached hydrogen (secondary N) is 1. The molecule has 20 heavy (non-hydrogen) atoms. The van der Waals surface area contributed by atoms with Gasteiger partial charge in [0.05, 0.1) is 12.1 Å². The Bertz CT molecular complexity index is 458. The average Bonchev–Trinajstić information content (AvgIpc) is 3.39. The molecule has 106 valence electrons. The third-order valence-corrected chi connectivity index (χ3v) is 3.78. The SMILES string of the molecule is CC(NC(C#N)C1CC1)c1ccccc1.O=CC1CC1. The molecule has 0 bridgehead atoms. The second-order valence-electron chi connectivity index (χ2n) is 5.72. The molecule has 3 heteroatoms. The topological polar surface area (TPSA) is 52.9 Å². The summed E-state index contributed by atoms with van der Waals surface area (Å²) in [4.78, 5) is 9.57. The van der Waals surface area contributed by atoms with Crippen LogP contribution < -0.4 is 5.32 Å². The quantitative estimate of drug-likeness (QED) is 0.836. The lowest BCUT2D eigenvalue weighted by molar-refractivity contribution is -0.108. The number of nitrogens with zero attached hydrogens (tertiary/aromatic N) is 1. The summed E-state index contributed by atoms with van der Waals surface area (Å²) in [5, 5.41) is 12.4. The Morgan fingerprint density at radius 3 is 2.30 bits per heavy atom. The lowest BCUT2D eigenvalue weighted by Gasteiger charge is -2.18. The largest absolute Gasteiger partial charge is 0.303 e. The maximum absolute atomic E-state index is 9.57. The van der Waals surface area contributed by atoms with Crippen molar-refractivity contribution in [2.75, 3.05) is 0 Å². The van der Waals surface area contributed by atoms with Crippen molar-refractivity contribution in [1.29, 1.82) is 5.26 Å². The summed E-state index contributed by atoms with van der Waals surface area (Å²) in [5.41, 5.74) is 1.25. The molecule has 3 rings (SSSR count). The van der Waals surface area contributed by atoms with Gasteiger partial charge in [-0.15, -0.1) is 0 Å². The number of hydrogen-bond donors (Lipinski definition) is 1. The van der Waals surface area contributed by atoms with Gasteiger partial charge in [-0.1, -0.05) is 30.3 Å². The molecular formula is C17H22N2O. The number of carbonyl (C=O) groups excluding carboxylic acids is 1. The van der Waals surface area contributed by atoms with Gasteiger partial charge in [0, 0.05) is 12.0 Å². The molecule has 1 aromatic carbocycles. The Balaban J connectivity index is 0.000000247. The molecule has 2 fully saturated rings. The van der Waals surface area contributed by atoms with Gasteiger partial charge < -0.3 is 4.79 Å². The van der Waals surface area contributed by atoms with Crippen molar-refractivity contribution in [1.82, 2.24) is 5.32 Å². The van der Waals surface area contributed by atoms with Crippen LogP contribution in [0.15, 0.2) is 30.3 Å². The lowest BCUT2D eigenvalue weighted by Crippen LogP contribution is -2.31. The van der Waals surface area contributed by atoms with Gasteiger partial charge in [-0.05, 0) is 44.1 Å². The molecule has 2 saturated carbocycles. The van der Waals surface area contributed by atoms with Crippen molar-refractivity contribution >= 4 is 6.29 Å². The Labute approximate surface area is 121 Å². The van der Waals surface area contributed by atoms with Crippen LogP contribution in [0.2, 0.25) is 0 Å². The van der Waals surface area contributed by atoms with E-state index in [-0.39, 0.29) is 12.1 Å². The first-order chi connectivity index (χ1) is 9.74. The second-order valence-corrected chi connectivity index (χ2v) is 5.72. The minimum atomic E-state index is 0.0280. The monoisotopic (exact) mass is 270 g/mol. The third kappa shape index (κ3) is 4.79. The third-order valence-electron chi connectivity index (χ3n) is 3.78. The van der Waals surface area contributed by atoms with E-state index < -0.39 is 0 Å². The molecular weight excluding hydrogens is 248 g/mol. The number of benzene rings is 1. The van der Waals surface area contributed by atoms with E-state index in [4.69, 9.17) is 5.26 Å². The zero-order valence-electron chi connectivity index (χ0n) is 12.0. The van der Waals surface area contributed by atoms with Crippen molar-refractivity contribution in [3.63, 3.8) is 0 Å². The zero-order chi connectivity index (χ0) is 14.4. The summed E-state index contributed by atoms with van der Waals surface area (Å²) in [5.74, 6) is 1.04. The van der Waals surface area contributed by atoms with E-state index in [9.17, 15) is 4.79 Å². The lowest BCUT2D eigenvalue weighted by atomic mass is 10.1. The Morgan fingerprint density at radius 2 is 1.90 bits per heavy atom. The van der Waals surface area contributed by atoms with Crippen LogP contribution >= 0.6 is 0 Å². The highest BCUT2D eigenvalue weighted by Crippen LogP contribution is 2.33. The van der Waals surface area contributed by atoms with Crippen LogP contribution in [-0.4, -0.2) is 12.3 Å². The van der Waals surface area contributed by atoms with E-state index in [0.717, 1.165) is 19.1 Å². The van der Waals surface area contributed by atoms with Crippen molar-refractivity contribution < 1.29 is 4.79 Å². The van der Waals surface area contributed by atoms with E-state index in [0.29, 0.717) is 11.8 Å². The van der Waals surface area contributed by atoms with Crippen LogP contribution in [0.1, 0.15) is 44.2 Å². The van der Waals surface area contributed by atoms with Crippen molar-refractivity contribution in [2.45, 2.75) is 44.7 Å².